The van der Waals surface area contributed by atoms with E-state index in [-0.39, 0.29) is 12.4 Å². The van der Waals surface area contributed by atoms with Crippen LogP contribution in [0.5, 0.6) is 0 Å². The number of carbonyl (C=O) groups excluding carboxylic acids is 1. The van der Waals surface area contributed by atoms with Crippen molar-refractivity contribution in [1.29, 1.82) is 0 Å². The molecule has 0 unspecified atom stereocenters. The highest BCUT2D eigenvalue weighted by Crippen LogP contribution is 2.51. The van der Waals surface area contributed by atoms with Gasteiger partial charge in [0, 0.05) is 21.3 Å². The number of hydrogen-bond donors (Lipinski definition) is 0. The Morgan fingerprint density at radius 3 is 1.71 bits per heavy atom. The first-order valence-corrected chi connectivity index (χ1v) is 13.0. The van der Waals surface area contributed by atoms with Gasteiger partial charge in [0.25, 0.3) is 0 Å². The van der Waals surface area contributed by atoms with Crippen molar-refractivity contribution in [2.45, 2.75) is 6.92 Å². The van der Waals surface area contributed by atoms with Gasteiger partial charge in [0.2, 0.25) is 5.76 Å². The minimum atomic E-state index is -2.57. The van der Waals surface area contributed by atoms with Gasteiger partial charge in [-0.15, -0.1) is 0 Å². The van der Waals surface area contributed by atoms with E-state index in [1.54, 1.807) is 6.92 Å². The molecule has 0 atom stereocenters. The molecule has 0 spiro atoms. The molecule has 0 amide bonds. The number of benzene rings is 4. The van der Waals surface area contributed by atoms with E-state index >= 15 is 0 Å². The Hall–Kier alpha value is -3.88. The number of ether oxygens (including phenoxy) is 1. The van der Waals surface area contributed by atoms with Crippen LogP contribution < -0.4 is 15.9 Å². The fourth-order valence-corrected chi connectivity index (χ4v) is 7.72. The zero-order chi connectivity index (χ0) is 23.4. The average Bonchev–Trinajstić information content (AvgIpc) is 3.27. The number of furan rings is 1. The van der Waals surface area contributed by atoms with E-state index in [1.807, 2.05) is 78.9 Å². The van der Waals surface area contributed by atoms with E-state index < -0.39 is 13.0 Å². The highest BCUT2D eigenvalue weighted by atomic mass is 31.2. The smallest absolute Gasteiger partial charge is 0.376 e. The van der Waals surface area contributed by atoms with Crippen LogP contribution in [0.3, 0.4) is 0 Å². The van der Waals surface area contributed by atoms with Crippen molar-refractivity contribution in [1.82, 2.24) is 0 Å². The molecule has 4 aromatic carbocycles. The van der Waals surface area contributed by atoms with Gasteiger partial charge in [-0.05, 0) is 19.1 Å². The maximum atomic E-state index is 13.0. The first kappa shape index (κ1) is 21.9. The number of carbonyl (C=O) groups is 1. The van der Waals surface area contributed by atoms with Gasteiger partial charge in [-0.3, -0.25) is 0 Å². The van der Waals surface area contributed by atoms with Gasteiger partial charge < -0.3 is 9.15 Å². The fraction of sp³-hybridized carbons (Fsp3) is 0.0690. The fourth-order valence-electron chi connectivity index (χ4n) is 4.17. The Kier molecular flexibility index (Phi) is 6.16. The highest BCUT2D eigenvalue weighted by Gasteiger charge is 2.30. The van der Waals surface area contributed by atoms with Crippen LogP contribution in [0.1, 0.15) is 17.5 Å². The van der Waals surface area contributed by atoms with Gasteiger partial charge in [0.1, 0.15) is 11.3 Å². The maximum Gasteiger partial charge on any atom is 0.376 e. The number of para-hydroxylation sites is 1. The Bertz CT molecular complexity index is 1370. The standard InChI is InChI=1S/C29H24NO3P/c1-2-32-29(31)28-27(25-20-12-13-21-26(25)33-28)30-34(22-14-6-3-7-15-22,23-16-8-4-9-17-23)24-18-10-5-11-19-24/h3-21H,2H2,1H3. The van der Waals surface area contributed by atoms with Gasteiger partial charge in [0.05, 0.1) is 13.7 Å². The van der Waals surface area contributed by atoms with E-state index in [0.29, 0.717) is 11.3 Å². The molecule has 5 rings (SSSR count). The molecule has 1 aromatic heterocycles. The summed E-state index contributed by atoms with van der Waals surface area (Å²) in [6.45, 7) is 2.04. The second-order valence-corrected chi connectivity index (χ2v) is 10.8. The molecule has 0 fully saturated rings. The van der Waals surface area contributed by atoms with Crippen LogP contribution in [0.2, 0.25) is 0 Å². The Morgan fingerprint density at radius 2 is 1.21 bits per heavy atom. The van der Waals surface area contributed by atoms with E-state index in [4.69, 9.17) is 13.9 Å². The monoisotopic (exact) mass is 465 g/mol. The molecule has 0 bridgehead atoms. The third-order valence-corrected chi connectivity index (χ3v) is 9.31. The predicted molar refractivity (Wildman–Crippen MR) is 139 cm³/mol. The quantitative estimate of drug-likeness (QED) is 0.215. The average molecular weight is 465 g/mol. The summed E-state index contributed by atoms with van der Waals surface area (Å²) in [4.78, 5) is 13.0. The molecule has 5 heteroatoms. The third-order valence-electron chi connectivity index (χ3n) is 5.67. The molecule has 168 valence electrons. The number of fused-ring (bicyclic) bond motifs is 1. The first-order valence-electron chi connectivity index (χ1n) is 11.2. The molecule has 0 N–H and O–H groups in total. The summed E-state index contributed by atoms with van der Waals surface area (Å²) < 4.78 is 16.9. The lowest BCUT2D eigenvalue weighted by Crippen LogP contribution is -2.25. The topological polar surface area (TPSA) is 51.8 Å². The first-order chi connectivity index (χ1) is 16.7. The lowest BCUT2D eigenvalue weighted by Gasteiger charge is -2.26. The second kappa shape index (κ2) is 9.54. The van der Waals surface area contributed by atoms with Crippen LogP contribution in [-0.4, -0.2) is 12.6 Å². The zero-order valence-corrected chi connectivity index (χ0v) is 19.7. The van der Waals surface area contributed by atoms with E-state index in [2.05, 4.69) is 36.4 Å². The normalized spacial score (nSPS) is 11.3. The van der Waals surface area contributed by atoms with Crippen molar-refractivity contribution in [3.8, 4) is 0 Å². The van der Waals surface area contributed by atoms with Crippen molar-refractivity contribution < 1.29 is 13.9 Å². The summed E-state index contributed by atoms with van der Waals surface area (Å²) in [5, 5.41) is 4.06. The number of nitrogens with zero attached hydrogens (tertiary/aromatic N) is 1. The summed E-state index contributed by atoms with van der Waals surface area (Å²) in [6, 6.07) is 38.5. The molecule has 0 radical (unpaired) electrons. The minimum Gasteiger partial charge on any atom is -0.460 e. The van der Waals surface area contributed by atoms with Gasteiger partial charge in [-0.25, -0.2) is 9.54 Å². The van der Waals surface area contributed by atoms with E-state index in [9.17, 15) is 4.79 Å². The molecule has 0 aliphatic carbocycles. The maximum absolute atomic E-state index is 13.0. The van der Waals surface area contributed by atoms with Crippen LogP contribution in [0.4, 0.5) is 5.69 Å². The van der Waals surface area contributed by atoms with Crippen molar-refractivity contribution >= 4 is 45.6 Å². The molecule has 0 saturated carbocycles. The molecule has 0 saturated heterocycles. The van der Waals surface area contributed by atoms with Crippen LogP contribution in [0.15, 0.2) is 124 Å². The molecular formula is C29H24NO3P. The van der Waals surface area contributed by atoms with E-state index in [1.165, 1.54) is 0 Å². The zero-order valence-electron chi connectivity index (χ0n) is 18.8. The largest absolute Gasteiger partial charge is 0.460 e. The molecule has 34 heavy (non-hydrogen) atoms. The summed E-state index contributed by atoms with van der Waals surface area (Å²) in [7, 11) is -2.57. The molecular weight excluding hydrogens is 441 g/mol. The van der Waals surface area contributed by atoms with Gasteiger partial charge in [-0.1, -0.05) is 103 Å². The van der Waals surface area contributed by atoms with Crippen LogP contribution in [-0.2, 0) is 4.74 Å². The van der Waals surface area contributed by atoms with E-state index in [0.717, 1.165) is 21.3 Å². The molecule has 5 aromatic rings. The number of esters is 1. The van der Waals surface area contributed by atoms with Gasteiger partial charge in [0.15, 0.2) is 0 Å². The van der Waals surface area contributed by atoms with Gasteiger partial charge in [-0.2, -0.15) is 0 Å². The SMILES string of the molecule is CCOC(=O)c1oc2ccccc2c1N=P(c1ccccc1)(c1ccccc1)c1ccccc1. The highest BCUT2D eigenvalue weighted by molar-refractivity contribution is 7.87. The Morgan fingerprint density at radius 1 is 0.735 bits per heavy atom. The second-order valence-electron chi connectivity index (χ2n) is 7.74. The molecule has 0 aliphatic rings. The van der Waals surface area contributed by atoms with Crippen molar-refractivity contribution in [3.63, 3.8) is 0 Å². The summed E-state index contributed by atoms with van der Waals surface area (Å²) in [5.41, 5.74) is 1.13. The summed E-state index contributed by atoms with van der Waals surface area (Å²) in [6.07, 6.45) is 0. The molecule has 0 aliphatic heterocycles. The molecule has 1 heterocycles. The Labute approximate surface area is 198 Å². The predicted octanol–water partition coefficient (Wildman–Crippen LogP) is 6.42. The lowest BCUT2D eigenvalue weighted by atomic mass is 10.2. The number of hydrogen-bond acceptors (Lipinski definition) is 4. The van der Waals surface area contributed by atoms with Gasteiger partial charge >= 0.3 is 5.97 Å². The third kappa shape index (κ3) is 3.87. The van der Waals surface area contributed by atoms with Crippen molar-refractivity contribution in [2.75, 3.05) is 6.61 Å². The minimum absolute atomic E-state index is 0.134. The Balaban J connectivity index is 1.95. The van der Waals surface area contributed by atoms with Crippen LogP contribution in [0, 0.1) is 0 Å². The van der Waals surface area contributed by atoms with Crippen molar-refractivity contribution in [2.24, 2.45) is 4.74 Å². The summed E-state index contributed by atoms with van der Waals surface area (Å²) >= 11 is 0. The molecule has 4 nitrogen and oxygen atoms in total. The van der Waals surface area contributed by atoms with Crippen LogP contribution >= 0.6 is 7.05 Å². The summed E-state index contributed by atoms with van der Waals surface area (Å²) in [5.74, 6) is -0.375. The van der Waals surface area contributed by atoms with Crippen LogP contribution in [0.25, 0.3) is 11.0 Å². The van der Waals surface area contributed by atoms with Crippen molar-refractivity contribution in [3.05, 3.63) is 121 Å². The number of rotatable bonds is 6. The lowest BCUT2D eigenvalue weighted by molar-refractivity contribution is 0.0494.